The van der Waals surface area contributed by atoms with Crippen molar-refractivity contribution in [2.45, 2.75) is 11.5 Å². The summed E-state index contributed by atoms with van der Waals surface area (Å²) in [5.74, 6) is -1.51. The summed E-state index contributed by atoms with van der Waals surface area (Å²) in [7, 11) is -2.17. The predicted octanol–water partition coefficient (Wildman–Crippen LogP) is -3.78. The van der Waals surface area contributed by atoms with Crippen LogP contribution in [0.3, 0.4) is 0 Å². The average molecular weight is 241 g/mol. The number of hydrogen-bond donors (Lipinski definition) is 4. The van der Waals surface area contributed by atoms with Gasteiger partial charge in [-0.25, -0.2) is 9.18 Å². The van der Waals surface area contributed by atoms with E-state index in [0.717, 1.165) is 6.92 Å². The Hall–Kier alpha value is 0.422. The Labute approximate surface area is 90.6 Å². The Morgan fingerprint density at radius 2 is 1.67 bits per heavy atom. The second-order valence-electron chi connectivity index (χ2n) is 1.54. The Morgan fingerprint density at radius 1 is 1.58 bits per heavy atom. The van der Waals surface area contributed by atoms with Crippen LogP contribution in [-0.2, 0) is 4.79 Å². The number of aliphatic carboxylic acids is 1. The van der Waals surface area contributed by atoms with Crippen LogP contribution in [0.5, 0.6) is 0 Å². The summed E-state index contributed by atoms with van der Waals surface area (Å²) >= 11 is 2.28. The zero-order valence-corrected chi connectivity index (χ0v) is 8.12. The second-order valence-corrected chi connectivity index (χ2v) is 3.03. The molecule has 0 aromatic rings. The van der Waals surface area contributed by atoms with Crippen molar-refractivity contribution >= 4 is 29.2 Å². The zero-order chi connectivity index (χ0) is 9.65. The molecule has 4 N–H and O–H groups in total. The maximum atomic E-state index is 11.8. The Morgan fingerprint density at radius 3 is 1.67 bits per heavy atom. The van der Waals surface area contributed by atoms with Crippen LogP contribution in [-0.4, -0.2) is 38.0 Å². The predicted molar refractivity (Wildman–Crippen MR) is 39.6 cm³/mol. The molecule has 9 heteroatoms. The van der Waals surface area contributed by atoms with E-state index in [1.807, 2.05) is 0 Å². The third kappa shape index (κ3) is 22.4. The number of halogens is 2. The molecule has 0 aromatic carbocycles. The van der Waals surface area contributed by atoms with Gasteiger partial charge in [-0.15, -0.1) is 0 Å². The summed E-state index contributed by atoms with van der Waals surface area (Å²) in [5.41, 5.74) is 0. The van der Waals surface area contributed by atoms with E-state index in [4.69, 9.17) is 20.2 Å². The molecule has 1 atom stereocenters. The molecule has 0 bridgehead atoms. The van der Waals surface area contributed by atoms with Gasteiger partial charge in [0, 0.05) is 0 Å². The van der Waals surface area contributed by atoms with Gasteiger partial charge >= 0.3 is 32.2 Å². The third-order valence-corrected chi connectivity index (χ3v) is 0.715. The van der Waals surface area contributed by atoms with E-state index in [9.17, 15) is 9.18 Å². The molecule has 0 radical (unpaired) electrons. The van der Waals surface area contributed by atoms with Gasteiger partial charge in [0.2, 0.25) is 0 Å². The number of alkyl halides is 2. The molecular formula is C3H8BBrFLiO5. The van der Waals surface area contributed by atoms with E-state index in [0.29, 0.717) is 0 Å². The van der Waals surface area contributed by atoms with Crippen molar-refractivity contribution in [2.24, 2.45) is 0 Å². The largest absolute Gasteiger partial charge is 1.00 e. The van der Waals surface area contributed by atoms with Crippen molar-refractivity contribution in [1.29, 1.82) is 0 Å². The molecule has 5 nitrogen and oxygen atoms in total. The number of carbonyl (C=O) groups is 1. The molecule has 0 saturated carbocycles. The molecule has 0 aliphatic rings. The van der Waals surface area contributed by atoms with Gasteiger partial charge in [-0.2, -0.15) is 0 Å². The van der Waals surface area contributed by atoms with Gasteiger partial charge in [-0.05, 0) is 22.9 Å². The molecule has 0 heterocycles. The Bertz CT molecular complexity index is 131. The quantitative estimate of drug-likeness (QED) is 0.279. The zero-order valence-electron chi connectivity index (χ0n) is 7.53. The van der Waals surface area contributed by atoms with Crippen LogP contribution in [0.4, 0.5) is 4.39 Å². The van der Waals surface area contributed by atoms with Crippen LogP contribution in [0.1, 0.15) is 8.35 Å². The van der Waals surface area contributed by atoms with Crippen LogP contribution in [0.2, 0.25) is 0 Å². The Balaban J connectivity index is -0.0000000600. The van der Waals surface area contributed by atoms with Crippen LogP contribution < -0.4 is 18.9 Å². The van der Waals surface area contributed by atoms with E-state index in [-0.39, 0.29) is 20.3 Å². The molecule has 0 fully saturated rings. The summed E-state index contributed by atoms with van der Waals surface area (Å²) in [6.45, 7) is 0.912. The van der Waals surface area contributed by atoms with Crippen molar-refractivity contribution in [1.82, 2.24) is 0 Å². The monoisotopic (exact) mass is 240 g/mol. The molecule has 0 rings (SSSR count). The minimum absolute atomic E-state index is 0. The van der Waals surface area contributed by atoms with Crippen molar-refractivity contribution in [3.05, 3.63) is 0 Å². The van der Waals surface area contributed by atoms with Crippen LogP contribution in [0, 0.1) is 0 Å². The molecule has 0 saturated heterocycles. The summed E-state index contributed by atoms with van der Waals surface area (Å²) in [5, 5.41) is 29.3. The molecule has 0 aromatic heterocycles. The Kier molecular flexibility index (Phi) is 12.2. The number of carboxylic acid groups (broad SMARTS) is 1. The van der Waals surface area contributed by atoms with Gasteiger partial charge < -0.3 is 21.6 Å². The van der Waals surface area contributed by atoms with E-state index in [1.54, 1.807) is 0 Å². The molecular weight excluding hydrogens is 233 g/mol. The first-order chi connectivity index (χ1) is 4.68. The summed E-state index contributed by atoms with van der Waals surface area (Å²) in [6.07, 6.45) is 0. The van der Waals surface area contributed by atoms with Gasteiger partial charge in [0.1, 0.15) is 0 Å². The third-order valence-electron chi connectivity index (χ3n) is 0.376. The van der Waals surface area contributed by atoms with E-state index in [2.05, 4.69) is 15.9 Å². The average Bonchev–Trinajstić information content (AvgIpc) is 1.59. The molecule has 0 aliphatic carbocycles. The molecule has 0 spiro atoms. The molecule has 12 heavy (non-hydrogen) atoms. The minimum Gasteiger partial charge on any atom is -1.00 e. The molecule has 0 aliphatic heterocycles. The first kappa shape index (κ1) is 18.3. The fourth-order valence-corrected chi connectivity index (χ4v) is 0. The maximum absolute atomic E-state index is 11.8. The maximum Gasteiger partial charge on any atom is 1.00 e. The van der Waals surface area contributed by atoms with Gasteiger partial charge in [0.25, 0.3) is 4.58 Å². The van der Waals surface area contributed by atoms with Crippen molar-refractivity contribution in [2.75, 3.05) is 0 Å². The van der Waals surface area contributed by atoms with E-state index < -0.39 is 17.9 Å². The normalized spacial score (nSPS) is 12.8. The van der Waals surface area contributed by atoms with Gasteiger partial charge in [-0.1, -0.05) is 0 Å². The fourth-order valence-electron chi connectivity index (χ4n) is 0. The van der Waals surface area contributed by atoms with Gasteiger partial charge in [-0.3, -0.25) is 0 Å². The van der Waals surface area contributed by atoms with Crippen LogP contribution >= 0.6 is 15.9 Å². The molecule has 68 valence electrons. The SMILES string of the molecule is CC(F)(Br)C(=O)O.OB(O)O.[H-].[Li+]. The summed E-state index contributed by atoms with van der Waals surface area (Å²) in [6, 6.07) is 0. The standard InChI is InChI=1S/C3H4BrFO2.BH3O3.Li.H/c1-3(4,5)2(6)7;2-1(3)4;;/h1H3,(H,6,7);2-4H;;/q;;+1;-1. The fraction of sp³-hybridized carbons (Fsp3) is 0.667. The van der Waals surface area contributed by atoms with Gasteiger partial charge in [0.15, 0.2) is 0 Å². The van der Waals surface area contributed by atoms with E-state index in [1.165, 1.54) is 0 Å². The summed E-state index contributed by atoms with van der Waals surface area (Å²) in [4.78, 5) is 9.60. The topological polar surface area (TPSA) is 98.0 Å². The first-order valence-corrected chi connectivity index (χ1v) is 3.12. The van der Waals surface area contributed by atoms with Crippen molar-refractivity contribution in [3.8, 4) is 0 Å². The van der Waals surface area contributed by atoms with Crippen LogP contribution in [0.25, 0.3) is 0 Å². The molecule has 0 amide bonds. The minimum atomic E-state index is -2.27. The number of rotatable bonds is 1. The number of carboxylic acids is 1. The number of hydrogen-bond acceptors (Lipinski definition) is 4. The molecule has 1 unspecified atom stereocenters. The second kappa shape index (κ2) is 8.04. The van der Waals surface area contributed by atoms with Gasteiger partial charge in [0.05, 0.1) is 0 Å². The first-order valence-electron chi connectivity index (χ1n) is 2.33. The van der Waals surface area contributed by atoms with E-state index >= 15 is 0 Å². The van der Waals surface area contributed by atoms with Crippen molar-refractivity contribution < 1.29 is 49.7 Å². The summed E-state index contributed by atoms with van der Waals surface area (Å²) < 4.78 is 9.56. The smallest absolute Gasteiger partial charge is 1.00 e. The van der Waals surface area contributed by atoms with Crippen molar-refractivity contribution in [3.63, 3.8) is 0 Å². The van der Waals surface area contributed by atoms with Crippen LogP contribution in [0.15, 0.2) is 0 Å².